The van der Waals surface area contributed by atoms with Gasteiger partial charge in [-0.05, 0) is 18.2 Å². The van der Waals surface area contributed by atoms with Gasteiger partial charge in [0.25, 0.3) is 0 Å². The molecule has 0 saturated carbocycles. The Hall–Kier alpha value is -3.19. The predicted molar refractivity (Wildman–Crippen MR) is 97.9 cm³/mol. The molecule has 5 rings (SSSR count). The first-order chi connectivity index (χ1) is 12.3. The van der Waals surface area contributed by atoms with E-state index < -0.39 is 0 Å². The third-order valence-corrected chi connectivity index (χ3v) is 5.09. The van der Waals surface area contributed by atoms with Gasteiger partial charge in [-0.3, -0.25) is 0 Å². The third-order valence-electron chi connectivity index (χ3n) is 4.16. The molecule has 0 radical (unpaired) electrons. The second-order valence-corrected chi connectivity index (χ2v) is 6.53. The number of nitrogens with zero attached hydrogens (tertiary/aromatic N) is 4. The van der Waals surface area contributed by atoms with Crippen LogP contribution in [0.2, 0.25) is 0 Å². The summed E-state index contributed by atoms with van der Waals surface area (Å²) in [5.41, 5.74) is 3.03. The highest BCUT2D eigenvalue weighted by Crippen LogP contribution is 2.34. The van der Waals surface area contributed by atoms with Gasteiger partial charge in [-0.2, -0.15) is 9.61 Å². The van der Waals surface area contributed by atoms with E-state index >= 15 is 0 Å². The highest BCUT2D eigenvalue weighted by molar-refractivity contribution is 7.20. The first kappa shape index (κ1) is 14.2. The molecule has 25 heavy (non-hydrogen) atoms. The molecule has 122 valence electrons. The maximum atomic E-state index is 5.44. The summed E-state index contributed by atoms with van der Waals surface area (Å²) in [6.45, 7) is 0. The number of aromatic nitrogens is 5. The number of benzene rings is 2. The van der Waals surface area contributed by atoms with Crippen molar-refractivity contribution in [1.82, 2.24) is 24.8 Å². The highest BCUT2D eigenvalue weighted by atomic mass is 32.1. The normalized spacial score (nSPS) is 11.4. The zero-order valence-corrected chi connectivity index (χ0v) is 14.1. The van der Waals surface area contributed by atoms with Crippen LogP contribution in [0.5, 0.6) is 5.75 Å². The Kier molecular flexibility index (Phi) is 3.07. The molecule has 0 saturated heterocycles. The Bertz CT molecular complexity index is 1200. The lowest BCUT2D eigenvalue weighted by atomic mass is 10.2. The topological polar surface area (TPSA) is 68.1 Å². The molecule has 0 aliphatic rings. The van der Waals surface area contributed by atoms with Gasteiger partial charge in [-0.25, -0.2) is 0 Å². The van der Waals surface area contributed by atoms with Crippen molar-refractivity contribution in [2.24, 2.45) is 0 Å². The standard InChI is InChI=1S/C18H13N5OS/c1-24-15-9-5-3-7-12(15)16-20-21-18-23(16)22-17(25-18)13-10-19-14-8-4-2-6-11(13)14/h2-10,19H,1H3. The maximum Gasteiger partial charge on any atom is 0.235 e. The highest BCUT2D eigenvalue weighted by Gasteiger charge is 2.18. The van der Waals surface area contributed by atoms with Crippen LogP contribution in [0.15, 0.2) is 54.7 Å². The average molecular weight is 347 g/mol. The Labute approximate surface area is 146 Å². The van der Waals surface area contributed by atoms with E-state index in [1.165, 1.54) is 11.3 Å². The molecule has 0 fully saturated rings. The SMILES string of the molecule is COc1ccccc1-c1nnc2sc(-c3c[nH]c4ccccc34)nn12. The molecule has 0 amide bonds. The van der Waals surface area contributed by atoms with Crippen LogP contribution >= 0.6 is 11.3 Å². The summed E-state index contributed by atoms with van der Waals surface area (Å²) in [6.07, 6.45) is 1.99. The zero-order chi connectivity index (χ0) is 16.8. The monoisotopic (exact) mass is 347 g/mol. The fourth-order valence-corrected chi connectivity index (χ4v) is 3.84. The summed E-state index contributed by atoms with van der Waals surface area (Å²) in [7, 11) is 1.65. The summed E-state index contributed by atoms with van der Waals surface area (Å²) in [5, 5.41) is 15.4. The van der Waals surface area contributed by atoms with Gasteiger partial charge in [0.1, 0.15) is 10.8 Å². The molecule has 0 bridgehead atoms. The van der Waals surface area contributed by atoms with Crippen molar-refractivity contribution >= 4 is 27.2 Å². The Balaban J connectivity index is 1.70. The van der Waals surface area contributed by atoms with Crippen LogP contribution in [0, 0.1) is 0 Å². The summed E-state index contributed by atoms with van der Waals surface area (Å²) >= 11 is 1.52. The fourth-order valence-electron chi connectivity index (χ4n) is 2.97. The molecule has 0 spiro atoms. The summed E-state index contributed by atoms with van der Waals surface area (Å²) < 4.78 is 7.22. The minimum absolute atomic E-state index is 0.676. The summed E-state index contributed by atoms with van der Waals surface area (Å²) in [6, 6.07) is 15.9. The van der Waals surface area contributed by atoms with E-state index in [0.717, 1.165) is 37.7 Å². The molecule has 3 aromatic heterocycles. The number of fused-ring (bicyclic) bond motifs is 2. The van der Waals surface area contributed by atoms with Gasteiger partial charge in [0, 0.05) is 22.7 Å². The van der Waals surface area contributed by atoms with Crippen molar-refractivity contribution in [2.75, 3.05) is 7.11 Å². The van der Waals surface area contributed by atoms with Gasteiger partial charge >= 0.3 is 0 Å². The molecule has 5 aromatic rings. The third kappa shape index (κ3) is 2.13. The van der Waals surface area contributed by atoms with Crippen molar-refractivity contribution < 1.29 is 4.74 Å². The first-order valence-corrected chi connectivity index (χ1v) is 8.59. The van der Waals surface area contributed by atoms with Gasteiger partial charge in [0.05, 0.1) is 12.7 Å². The summed E-state index contributed by atoms with van der Waals surface area (Å²) in [5.74, 6) is 1.42. The van der Waals surface area contributed by atoms with E-state index in [1.54, 1.807) is 11.6 Å². The lowest BCUT2D eigenvalue weighted by Gasteiger charge is -2.04. The fraction of sp³-hybridized carbons (Fsp3) is 0.0556. The Morgan fingerprint density at radius 1 is 1.00 bits per heavy atom. The molecule has 0 aliphatic carbocycles. The minimum atomic E-state index is 0.676. The largest absolute Gasteiger partial charge is 0.496 e. The van der Waals surface area contributed by atoms with Crippen LogP contribution in [0.25, 0.3) is 37.8 Å². The van der Waals surface area contributed by atoms with E-state index in [1.807, 2.05) is 42.6 Å². The molecular weight excluding hydrogens is 334 g/mol. The minimum Gasteiger partial charge on any atom is -0.496 e. The van der Waals surface area contributed by atoms with Crippen LogP contribution in [-0.2, 0) is 0 Å². The predicted octanol–water partition coefficient (Wildman–Crippen LogP) is 4.01. The molecule has 2 aromatic carbocycles. The van der Waals surface area contributed by atoms with Crippen LogP contribution in [0.4, 0.5) is 0 Å². The zero-order valence-electron chi connectivity index (χ0n) is 13.3. The molecule has 3 heterocycles. The smallest absolute Gasteiger partial charge is 0.235 e. The number of hydrogen-bond donors (Lipinski definition) is 1. The van der Waals surface area contributed by atoms with E-state index in [2.05, 4.69) is 27.3 Å². The van der Waals surface area contributed by atoms with Gasteiger partial charge in [-0.1, -0.05) is 41.7 Å². The number of nitrogens with one attached hydrogen (secondary N) is 1. The van der Waals surface area contributed by atoms with Gasteiger partial charge in [0.15, 0.2) is 5.82 Å². The molecule has 0 unspecified atom stereocenters. The quantitative estimate of drug-likeness (QED) is 0.535. The first-order valence-electron chi connectivity index (χ1n) is 7.77. The van der Waals surface area contributed by atoms with Crippen molar-refractivity contribution in [3.63, 3.8) is 0 Å². The second-order valence-electron chi connectivity index (χ2n) is 5.57. The van der Waals surface area contributed by atoms with Crippen molar-refractivity contribution in [2.45, 2.75) is 0 Å². The van der Waals surface area contributed by atoms with Crippen LogP contribution in [-0.4, -0.2) is 31.9 Å². The molecule has 1 N–H and O–H groups in total. The molecule has 0 aliphatic heterocycles. The lowest BCUT2D eigenvalue weighted by Crippen LogP contribution is -1.94. The lowest BCUT2D eigenvalue weighted by molar-refractivity contribution is 0.416. The molecule has 7 heteroatoms. The number of H-pyrrole nitrogens is 1. The van der Waals surface area contributed by atoms with Crippen molar-refractivity contribution in [3.05, 3.63) is 54.7 Å². The van der Waals surface area contributed by atoms with Crippen LogP contribution in [0.3, 0.4) is 0 Å². The van der Waals surface area contributed by atoms with Gasteiger partial charge in [0.2, 0.25) is 4.96 Å². The van der Waals surface area contributed by atoms with Crippen LogP contribution < -0.4 is 4.74 Å². The number of hydrogen-bond acceptors (Lipinski definition) is 5. The molecule has 0 atom stereocenters. The number of methoxy groups -OCH3 is 1. The number of rotatable bonds is 3. The van der Waals surface area contributed by atoms with Crippen molar-refractivity contribution in [1.29, 1.82) is 0 Å². The van der Waals surface area contributed by atoms with E-state index in [-0.39, 0.29) is 0 Å². The molecule has 6 nitrogen and oxygen atoms in total. The number of aromatic amines is 1. The van der Waals surface area contributed by atoms with E-state index in [4.69, 9.17) is 9.84 Å². The number of para-hydroxylation sites is 2. The van der Waals surface area contributed by atoms with Gasteiger partial charge in [-0.15, -0.1) is 10.2 Å². The summed E-state index contributed by atoms with van der Waals surface area (Å²) in [4.78, 5) is 4.04. The van der Waals surface area contributed by atoms with Crippen molar-refractivity contribution in [3.8, 4) is 27.7 Å². The van der Waals surface area contributed by atoms with Crippen LogP contribution in [0.1, 0.15) is 0 Å². The maximum absolute atomic E-state index is 5.44. The Morgan fingerprint density at radius 2 is 1.84 bits per heavy atom. The van der Waals surface area contributed by atoms with E-state index in [9.17, 15) is 0 Å². The van der Waals surface area contributed by atoms with E-state index in [0.29, 0.717) is 5.82 Å². The number of ether oxygens (including phenoxy) is 1. The average Bonchev–Trinajstić information content (AvgIpc) is 3.34. The van der Waals surface area contributed by atoms with Gasteiger partial charge < -0.3 is 9.72 Å². The Morgan fingerprint density at radius 3 is 2.76 bits per heavy atom. The second kappa shape index (κ2) is 5.42. The molecular formula is C18H13N5OS.